The van der Waals surface area contributed by atoms with Crippen LogP contribution in [0, 0.1) is 11.3 Å². The molecule has 70 valence electrons. The predicted octanol–water partition coefficient (Wildman–Crippen LogP) is 1.71. The molecule has 2 heteroatoms. The normalized spacial score (nSPS) is 25.4. The van der Waals surface area contributed by atoms with Crippen molar-refractivity contribution in [1.29, 1.82) is 0 Å². The zero-order valence-electron chi connectivity index (χ0n) is 8.43. The Morgan fingerprint density at radius 1 is 1.50 bits per heavy atom. The molecule has 0 saturated carbocycles. The van der Waals surface area contributed by atoms with Crippen LogP contribution in [0.2, 0.25) is 0 Å². The number of rotatable bonds is 2. The first-order valence-corrected chi connectivity index (χ1v) is 4.79. The predicted molar refractivity (Wildman–Crippen MR) is 53.8 cm³/mol. The van der Waals surface area contributed by atoms with Crippen LogP contribution in [0.25, 0.3) is 0 Å². The fraction of sp³-hybridized carbons (Fsp3) is 0.900. The number of aliphatic imine (C=N–C) groups is 1. The molecule has 1 unspecified atom stereocenters. The Morgan fingerprint density at radius 3 is 2.75 bits per heavy atom. The molecule has 0 aromatic carbocycles. The first kappa shape index (κ1) is 9.72. The molecule has 1 fully saturated rings. The van der Waals surface area contributed by atoms with Gasteiger partial charge in [-0.05, 0) is 30.8 Å². The summed E-state index contributed by atoms with van der Waals surface area (Å²) in [5.74, 6) is 0.781. The Labute approximate surface area is 75.5 Å². The Bertz CT molecular complexity index is 150. The molecule has 1 saturated heterocycles. The van der Waals surface area contributed by atoms with Crippen molar-refractivity contribution in [3.05, 3.63) is 0 Å². The summed E-state index contributed by atoms with van der Waals surface area (Å²) in [6.07, 6.45) is 3.37. The van der Waals surface area contributed by atoms with Crippen molar-refractivity contribution in [3.63, 3.8) is 0 Å². The molecule has 0 bridgehead atoms. The second-order valence-corrected chi connectivity index (χ2v) is 4.72. The minimum Gasteiger partial charge on any atom is -0.316 e. The molecule has 0 aromatic heterocycles. The Morgan fingerprint density at radius 2 is 2.25 bits per heavy atom. The minimum absolute atomic E-state index is 0.242. The van der Waals surface area contributed by atoms with Gasteiger partial charge in [0.25, 0.3) is 0 Å². The van der Waals surface area contributed by atoms with Crippen LogP contribution in [-0.4, -0.2) is 25.8 Å². The third-order valence-electron chi connectivity index (χ3n) is 2.00. The highest BCUT2D eigenvalue weighted by Crippen LogP contribution is 2.11. The highest BCUT2D eigenvalue weighted by Gasteiger charge is 2.13. The van der Waals surface area contributed by atoms with Crippen LogP contribution in [-0.2, 0) is 0 Å². The van der Waals surface area contributed by atoms with E-state index < -0.39 is 0 Å². The summed E-state index contributed by atoms with van der Waals surface area (Å²) >= 11 is 0. The molecule has 1 aliphatic rings. The van der Waals surface area contributed by atoms with E-state index in [1.807, 2.05) is 0 Å². The summed E-state index contributed by atoms with van der Waals surface area (Å²) in [5, 5.41) is 3.35. The molecule has 2 nitrogen and oxygen atoms in total. The number of hydrogen-bond donors (Lipinski definition) is 1. The first-order valence-electron chi connectivity index (χ1n) is 4.79. The Balaban J connectivity index is 2.20. The molecule has 0 amide bonds. The van der Waals surface area contributed by atoms with Crippen LogP contribution in [0.4, 0.5) is 0 Å². The lowest BCUT2D eigenvalue weighted by molar-refractivity contribution is 0.575. The Kier molecular flexibility index (Phi) is 3.27. The quantitative estimate of drug-likeness (QED) is 0.624. The van der Waals surface area contributed by atoms with Crippen LogP contribution in [0.3, 0.4) is 0 Å². The maximum Gasteiger partial charge on any atom is 0.0426 e. The SMILES string of the molecule is CC(C)(C)C=NCC1CCNC1. The van der Waals surface area contributed by atoms with E-state index in [2.05, 4.69) is 37.3 Å². The molecular weight excluding hydrogens is 148 g/mol. The highest BCUT2D eigenvalue weighted by atomic mass is 14.9. The largest absolute Gasteiger partial charge is 0.316 e. The van der Waals surface area contributed by atoms with Gasteiger partial charge in [-0.3, -0.25) is 4.99 Å². The topological polar surface area (TPSA) is 24.4 Å². The van der Waals surface area contributed by atoms with Gasteiger partial charge in [0.05, 0.1) is 0 Å². The molecule has 0 radical (unpaired) electrons. The monoisotopic (exact) mass is 168 g/mol. The first-order chi connectivity index (χ1) is 5.58. The van der Waals surface area contributed by atoms with E-state index >= 15 is 0 Å². The van der Waals surface area contributed by atoms with Crippen molar-refractivity contribution in [2.75, 3.05) is 19.6 Å². The fourth-order valence-corrected chi connectivity index (χ4v) is 1.35. The van der Waals surface area contributed by atoms with E-state index in [9.17, 15) is 0 Å². The molecule has 1 heterocycles. The van der Waals surface area contributed by atoms with Gasteiger partial charge in [-0.25, -0.2) is 0 Å². The lowest BCUT2D eigenvalue weighted by atomic mass is 9.99. The molecule has 1 atom stereocenters. The average Bonchev–Trinajstić information content (AvgIpc) is 2.36. The maximum atomic E-state index is 4.46. The fourth-order valence-electron chi connectivity index (χ4n) is 1.35. The zero-order chi connectivity index (χ0) is 9.03. The van der Waals surface area contributed by atoms with Crippen molar-refractivity contribution in [3.8, 4) is 0 Å². The average molecular weight is 168 g/mol. The van der Waals surface area contributed by atoms with Crippen molar-refractivity contribution >= 4 is 6.21 Å². The van der Waals surface area contributed by atoms with Crippen molar-refractivity contribution in [2.45, 2.75) is 27.2 Å². The number of hydrogen-bond acceptors (Lipinski definition) is 2. The van der Waals surface area contributed by atoms with Crippen LogP contribution < -0.4 is 5.32 Å². The van der Waals surface area contributed by atoms with Crippen LogP contribution >= 0.6 is 0 Å². The van der Waals surface area contributed by atoms with Crippen molar-refractivity contribution in [2.24, 2.45) is 16.3 Å². The van der Waals surface area contributed by atoms with Gasteiger partial charge in [-0.15, -0.1) is 0 Å². The second kappa shape index (κ2) is 4.04. The summed E-state index contributed by atoms with van der Waals surface area (Å²) in [4.78, 5) is 4.46. The van der Waals surface area contributed by atoms with E-state index in [-0.39, 0.29) is 5.41 Å². The van der Waals surface area contributed by atoms with Gasteiger partial charge in [0.15, 0.2) is 0 Å². The van der Waals surface area contributed by atoms with E-state index in [4.69, 9.17) is 0 Å². The molecule has 12 heavy (non-hydrogen) atoms. The molecule has 0 aliphatic carbocycles. The minimum atomic E-state index is 0.242. The summed E-state index contributed by atoms with van der Waals surface area (Å²) < 4.78 is 0. The summed E-state index contributed by atoms with van der Waals surface area (Å²) in [6.45, 7) is 9.89. The van der Waals surface area contributed by atoms with E-state index in [0.29, 0.717) is 0 Å². The van der Waals surface area contributed by atoms with Crippen molar-refractivity contribution in [1.82, 2.24) is 5.32 Å². The third kappa shape index (κ3) is 3.86. The number of nitrogens with one attached hydrogen (secondary N) is 1. The molecule has 0 aromatic rings. The zero-order valence-corrected chi connectivity index (χ0v) is 8.43. The molecule has 1 rings (SSSR count). The van der Waals surface area contributed by atoms with E-state index in [1.165, 1.54) is 13.0 Å². The van der Waals surface area contributed by atoms with Gasteiger partial charge in [0, 0.05) is 12.8 Å². The highest BCUT2D eigenvalue weighted by molar-refractivity contribution is 5.63. The standard InChI is InChI=1S/C10H20N2/c1-10(2,3)8-12-7-9-4-5-11-6-9/h8-9,11H,4-7H2,1-3H3. The van der Waals surface area contributed by atoms with E-state index in [1.54, 1.807) is 0 Å². The van der Waals surface area contributed by atoms with Gasteiger partial charge in [0.1, 0.15) is 0 Å². The van der Waals surface area contributed by atoms with Gasteiger partial charge < -0.3 is 5.32 Å². The summed E-state index contributed by atoms with van der Waals surface area (Å²) in [5.41, 5.74) is 0.242. The lowest BCUT2D eigenvalue weighted by Crippen LogP contribution is -2.12. The van der Waals surface area contributed by atoms with Crippen LogP contribution in [0.15, 0.2) is 4.99 Å². The second-order valence-electron chi connectivity index (χ2n) is 4.72. The summed E-state index contributed by atoms with van der Waals surface area (Å²) in [6, 6.07) is 0. The van der Waals surface area contributed by atoms with Gasteiger partial charge >= 0.3 is 0 Å². The van der Waals surface area contributed by atoms with Crippen LogP contribution in [0.1, 0.15) is 27.2 Å². The molecule has 0 spiro atoms. The van der Waals surface area contributed by atoms with Crippen molar-refractivity contribution < 1.29 is 0 Å². The lowest BCUT2D eigenvalue weighted by Gasteiger charge is -2.11. The summed E-state index contributed by atoms with van der Waals surface area (Å²) in [7, 11) is 0. The van der Waals surface area contributed by atoms with Crippen LogP contribution in [0.5, 0.6) is 0 Å². The van der Waals surface area contributed by atoms with Gasteiger partial charge in [0.2, 0.25) is 0 Å². The maximum absolute atomic E-state index is 4.46. The third-order valence-corrected chi connectivity index (χ3v) is 2.00. The molecule has 1 N–H and O–H groups in total. The molecule has 1 aliphatic heterocycles. The number of nitrogens with zero attached hydrogens (tertiary/aromatic N) is 1. The van der Waals surface area contributed by atoms with Gasteiger partial charge in [-0.2, -0.15) is 0 Å². The van der Waals surface area contributed by atoms with E-state index in [0.717, 1.165) is 19.0 Å². The molecular formula is C10H20N2. The Hall–Kier alpha value is -0.370. The smallest absolute Gasteiger partial charge is 0.0426 e. The van der Waals surface area contributed by atoms with Gasteiger partial charge in [-0.1, -0.05) is 20.8 Å².